The number of rotatable bonds is 5. The summed E-state index contributed by atoms with van der Waals surface area (Å²) in [6.07, 6.45) is -0.693. The molecule has 1 aliphatic carbocycles. The number of fused-ring (bicyclic) bond motifs is 3. The second kappa shape index (κ2) is 7.63. The standard InChI is InChI=1S/C24H24N2O6/c27-21(28)20-13-24(22(29)30,25-11-12-25)9-10-26(20)23(31)32-14-19-17-7-3-1-5-15(17)16-6-2-4-8-18(16)19/h1-8,19-20H,9-14H2,(H,27,28)(H,29,30). The summed E-state index contributed by atoms with van der Waals surface area (Å²) in [5.41, 5.74) is 3.12. The Bertz CT molecular complexity index is 1050. The average Bonchev–Trinajstić information content (AvgIpc) is 3.60. The molecule has 0 aromatic heterocycles. The number of amides is 1. The number of carboxylic acid groups (broad SMARTS) is 2. The van der Waals surface area contributed by atoms with Crippen LogP contribution in [-0.2, 0) is 14.3 Å². The quantitative estimate of drug-likeness (QED) is 0.694. The number of carbonyl (C=O) groups excluding carboxylic acids is 1. The van der Waals surface area contributed by atoms with Gasteiger partial charge in [0.15, 0.2) is 0 Å². The van der Waals surface area contributed by atoms with Gasteiger partial charge in [-0.2, -0.15) is 0 Å². The molecule has 0 saturated carbocycles. The summed E-state index contributed by atoms with van der Waals surface area (Å²) in [6.45, 7) is 1.37. The number of aliphatic carboxylic acids is 2. The maximum atomic E-state index is 12.9. The van der Waals surface area contributed by atoms with Crippen molar-refractivity contribution in [3.8, 4) is 11.1 Å². The van der Waals surface area contributed by atoms with Crippen molar-refractivity contribution >= 4 is 18.0 Å². The lowest BCUT2D eigenvalue weighted by Crippen LogP contribution is -2.61. The lowest BCUT2D eigenvalue weighted by molar-refractivity contribution is -0.156. The molecule has 2 saturated heterocycles. The molecule has 0 spiro atoms. The zero-order valence-corrected chi connectivity index (χ0v) is 17.4. The molecule has 2 heterocycles. The highest BCUT2D eigenvalue weighted by Gasteiger charge is 2.55. The van der Waals surface area contributed by atoms with E-state index in [-0.39, 0.29) is 31.9 Å². The molecule has 0 radical (unpaired) electrons. The van der Waals surface area contributed by atoms with Gasteiger partial charge in [0, 0.05) is 32.0 Å². The lowest BCUT2D eigenvalue weighted by Gasteiger charge is -2.42. The molecule has 8 nitrogen and oxygen atoms in total. The molecule has 5 rings (SSSR count). The van der Waals surface area contributed by atoms with Crippen LogP contribution >= 0.6 is 0 Å². The van der Waals surface area contributed by atoms with Crippen molar-refractivity contribution in [3.63, 3.8) is 0 Å². The Kier molecular flexibility index (Phi) is 4.89. The Balaban J connectivity index is 1.33. The summed E-state index contributed by atoms with van der Waals surface area (Å²) in [6, 6.07) is 14.7. The number of carbonyl (C=O) groups is 3. The first-order valence-electron chi connectivity index (χ1n) is 10.8. The van der Waals surface area contributed by atoms with Crippen LogP contribution < -0.4 is 0 Å². The molecule has 2 fully saturated rings. The van der Waals surface area contributed by atoms with Crippen LogP contribution in [0.3, 0.4) is 0 Å². The molecule has 2 aromatic rings. The first kappa shape index (κ1) is 20.5. The maximum absolute atomic E-state index is 12.9. The third-order valence-electron chi connectivity index (χ3n) is 6.98. The summed E-state index contributed by atoms with van der Waals surface area (Å²) in [5, 5.41) is 19.5. The van der Waals surface area contributed by atoms with E-state index in [1.54, 1.807) is 4.90 Å². The van der Waals surface area contributed by atoms with Gasteiger partial charge in [0.05, 0.1) is 0 Å². The van der Waals surface area contributed by atoms with Gasteiger partial charge < -0.3 is 14.9 Å². The zero-order valence-electron chi connectivity index (χ0n) is 17.4. The van der Waals surface area contributed by atoms with Crippen LogP contribution in [0.15, 0.2) is 48.5 Å². The van der Waals surface area contributed by atoms with Gasteiger partial charge in [0.25, 0.3) is 0 Å². The molecule has 2 N–H and O–H groups in total. The fourth-order valence-corrected chi connectivity index (χ4v) is 5.20. The van der Waals surface area contributed by atoms with E-state index in [4.69, 9.17) is 4.74 Å². The highest BCUT2D eigenvalue weighted by atomic mass is 16.6. The monoisotopic (exact) mass is 436 g/mol. The van der Waals surface area contributed by atoms with Crippen LogP contribution in [0.1, 0.15) is 29.9 Å². The lowest BCUT2D eigenvalue weighted by atomic mass is 9.83. The molecule has 2 aliphatic heterocycles. The predicted octanol–water partition coefficient (Wildman–Crippen LogP) is 2.62. The Morgan fingerprint density at radius 1 is 0.938 bits per heavy atom. The highest BCUT2D eigenvalue weighted by Crippen LogP contribution is 2.44. The Labute approximate surface area is 185 Å². The number of benzene rings is 2. The van der Waals surface area contributed by atoms with E-state index in [9.17, 15) is 24.6 Å². The summed E-state index contributed by atoms with van der Waals surface area (Å²) in [5.74, 6) is -2.38. The number of hydrogen-bond acceptors (Lipinski definition) is 5. The van der Waals surface area contributed by atoms with Crippen molar-refractivity contribution in [3.05, 3.63) is 59.7 Å². The summed E-state index contributed by atoms with van der Waals surface area (Å²) in [4.78, 5) is 39.8. The molecule has 1 amide bonds. The van der Waals surface area contributed by atoms with Gasteiger partial charge in [-0.05, 0) is 28.7 Å². The van der Waals surface area contributed by atoms with Crippen LogP contribution in [0.2, 0.25) is 0 Å². The molecule has 0 bridgehead atoms. The molecular weight excluding hydrogens is 412 g/mol. The largest absolute Gasteiger partial charge is 0.480 e. The number of hydrogen-bond donors (Lipinski definition) is 2. The predicted molar refractivity (Wildman–Crippen MR) is 114 cm³/mol. The van der Waals surface area contributed by atoms with Gasteiger partial charge in [-0.3, -0.25) is 14.6 Å². The van der Waals surface area contributed by atoms with Gasteiger partial charge in [-0.1, -0.05) is 48.5 Å². The van der Waals surface area contributed by atoms with Crippen molar-refractivity contribution in [1.29, 1.82) is 0 Å². The van der Waals surface area contributed by atoms with E-state index in [1.165, 1.54) is 4.90 Å². The minimum atomic E-state index is -1.24. The Morgan fingerprint density at radius 3 is 2.06 bits per heavy atom. The summed E-state index contributed by atoms with van der Waals surface area (Å²) < 4.78 is 5.63. The molecule has 2 atom stereocenters. The van der Waals surface area contributed by atoms with E-state index >= 15 is 0 Å². The smallest absolute Gasteiger partial charge is 0.410 e. The number of nitrogens with zero attached hydrogens (tertiary/aromatic N) is 2. The van der Waals surface area contributed by atoms with Gasteiger partial charge >= 0.3 is 18.0 Å². The molecular formula is C24H24N2O6. The average molecular weight is 436 g/mol. The molecule has 32 heavy (non-hydrogen) atoms. The third-order valence-corrected chi connectivity index (χ3v) is 6.98. The maximum Gasteiger partial charge on any atom is 0.410 e. The minimum Gasteiger partial charge on any atom is -0.480 e. The first-order chi connectivity index (χ1) is 15.4. The summed E-state index contributed by atoms with van der Waals surface area (Å²) in [7, 11) is 0. The van der Waals surface area contributed by atoms with Crippen LogP contribution in [-0.4, -0.2) is 75.9 Å². The Morgan fingerprint density at radius 2 is 1.53 bits per heavy atom. The number of ether oxygens (including phenoxy) is 1. The van der Waals surface area contributed by atoms with E-state index in [2.05, 4.69) is 0 Å². The number of likely N-dealkylation sites (tertiary alicyclic amines) is 1. The Hall–Kier alpha value is -3.39. The van der Waals surface area contributed by atoms with Crippen LogP contribution in [0.4, 0.5) is 4.79 Å². The van der Waals surface area contributed by atoms with Crippen LogP contribution in [0, 0.1) is 0 Å². The molecule has 2 aromatic carbocycles. The molecule has 3 aliphatic rings. The zero-order chi connectivity index (χ0) is 22.5. The highest BCUT2D eigenvalue weighted by molar-refractivity contribution is 5.85. The SMILES string of the molecule is O=C(O)C1CC(C(=O)O)(N2CC2)CCN1C(=O)OCC1c2ccccc2-c2ccccc21. The van der Waals surface area contributed by atoms with Crippen molar-refractivity contribution < 1.29 is 29.3 Å². The van der Waals surface area contributed by atoms with Crippen molar-refractivity contribution in [2.75, 3.05) is 26.2 Å². The normalized spacial score (nSPS) is 24.5. The van der Waals surface area contributed by atoms with Gasteiger partial charge in [0.1, 0.15) is 18.2 Å². The van der Waals surface area contributed by atoms with Crippen LogP contribution in [0.25, 0.3) is 11.1 Å². The third kappa shape index (κ3) is 3.22. The minimum absolute atomic E-state index is 0.0242. The van der Waals surface area contributed by atoms with Crippen molar-refractivity contribution in [2.45, 2.75) is 30.3 Å². The van der Waals surface area contributed by atoms with Crippen molar-refractivity contribution in [2.24, 2.45) is 0 Å². The second-order valence-corrected chi connectivity index (χ2v) is 8.63. The van der Waals surface area contributed by atoms with Crippen molar-refractivity contribution in [1.82, 2.24) is 9.80 Å². The molecule has 8 heteroatoms. The van der Waals surface area contributed by atoms with E-state index in [0.29, 0.717) is 13.1 Å². The number of carboxylic acids is 2. The molecule has 2 unspecified atom stereocenters. The van der Waals surface area contributed by atoms with Gasteiger partial charge in [0.2, 0.25) is 0 Å². The topological polar surface area (TPSA) is 107 Å². The van der Waals surface area contributed by atoms with Gasteiger partial charge in [-0.15, -0.1) is 0 Å². The summed E-state index contributed by atoms with van der Waals surface area (Å²) >= 11 is 0. The fourth-order valence-electron chi connectivity index (χ4n) is 5.20. The van der Waals surface area contributed by atoms with E-state index < -0.39 is 29.6 Å². The van der Waals surface area contributed by atoms with E-state index in [1.807, 2.05) is 48.5 Å². The molecule has 166 valence electrons. The van der Waals surface area contributed by atoms with E-state index in [0.717, 1.165) is 22.3 Å². The first-order valence-corrected chi connectivity index (χ1v) is 10.8. The van der Waals surface area contributed by atoms with Crippen LogP contribution in [0.5, 0.6) is 0 Å². The van der Waals surface area contributed by atoms with Gasteiger partial charge in [-0.25, -0.2) is 9.59 Å². The second-order valence-electron chi connectivity index (χ2n) is 8.63. The number of piperidine rings is 1. The fraction of sp³-hybridized carbons (Fsp3) is 0.375.